The number of anilines is 3. The molecule has 0 bridgehead atoms. The molecule has 4 rings (SSSR count). The number of rotatable bonds is 4. The summed E-state index contributed by atoms with van der Waals surface area (Å²) in [5.41, 5.74) is 1.64. The number of hydrogen-bond donors (Lipinski definition) is 1. The first-order valence-corrected chi connectivity index (χ1v) is 9.31. The number of hydrogen-bond acceptors (Lipinski definition) is 7. The minimum absolute atomic E-state index is 0.105. The first-order valence-electron chi connectivity index (χ1n) is 8.37. The van der Waals surface area contributed by atoms with Crippen LogP contribution in [0.15, 0.2) is 53.5 Å². The fourth-order valence-corrected chi connectivity index (χ4v) is 3.48. The van der Waals surface area contributed by atoms with E-state index in [2.05, 4.69) is 25.4 Å². The van der Waals surface area contributed by atoms with Crippen molar-refractivity contribution in [3.63, 3.8) is 0 Å². The van der Waals surface area contributed by atoms with Crippen molar-refractivity contribution in [1.29, 1.82) is 0 Å². The van der Waals surface area contributed by atoms with Gasteiger partial charge in [-0.25, -0.2) is 0 Å². The number of carbonyl (C=O) groups is 1. The van der Waals surface area contributed by atoms with Crippen LogP contribution in [0, 0.1) is 0 Å². The molecular weight excluding hydrogens is 348 g/mol. The van der Waals surface area contributed by atoms with E-state index in [0.717, 1.165) is 30.2 Å². The average Bonchev–Trinajstić information content (AvgIpc) is 3.24. The molecule has 1 aliphatic heterocycles. The second-order valence-corrected chi connectivity index (χ2v) is 6.71. The molecule has 132 valence electrons. The molecule has 1 N–H and O–H groups in total. The van der Waals surface area contributed by atoms with Gasteiger partial charge in [0.1, 0.15) is 0 Å². The maximum atomic E-state index is 12.4. The summed E-state index contributed by atoms with van der Waals surface area (Å²) < 4.78 is 0. The van der Waals surface area contributed by atoms with Crippen LogP contribution in [-0.4, -0.2) is 52.2 Å². The van der Waals surface area contributed by atoms with Crippen molar-refractivity contribution in [2.75, 3.05) is 36.4 Å². The Morgan fingerprint density at radius 1 is 1.08 bits per heavy atom. The van der Waals surface area contributed by atoms with E-state index >= 15 is 0 Å². The Morgan fingerprint density at radius 2 is 1.96 bits per heavy atom. The fraction of sp³-hybridized carbons (Fsp3) is 0.222. The van der Waals surface area contributed by atoms with Crippen molar-refractivity contribution in [2.45, 2.75) is 0 Å². The van der Waals surface area contributed by atoms with Gasteiger partial charge in [-0.1, -0.05) is 0 Å². The molecule has 0 unspecified atom stereocenters. The van der Waals surface area contributed by atoms with Crippen LogP contribution in [0.5, 0.6) is 0 Å². The number of nitrogens with one attached hydrogen (secondary N) is 1. The zero-order valence-corrected chi connectivity index (χ0v) is 14.9. The smallest absolute Gasteiger partial charge is 0.254 e. The predicted octanol–water partition coefficient (Wildman–Crippen LogP) is 2.64. The lowest BCUT2D eigenvalue weighted by Gasteiger charge is -2.35. The molecule has 3 aromatic rings. The summed E-state index contributed by atoms with van der Waals surface area (Å²) in [6.45, 7) is 2.87. The lowest BCUT2D eigenvalue weighted by molar-refractivity contribution is 0.0747. The molecule has 0 aromatic carbocycles. The Bertz CT molecular complexity index is 845. The Labute approximate surface area is 155 Å². The van der Waals surface area contributed by atoms with Gasteiger partial charge in [0.25, 0.3) is 5.91 Å². The molecule has 0 saturated carbocycles. The summed E-state index contributed by atoms with van der Waals surface area (Å²) in [6, 6.07) is 9.51. The van der Waals surface area contributed by atoms with Gasteiger partial charge in [-0.15, -0.1) is 10.2 Å². The van der Waals surface area contributed by atoms with Crippen LogP contribution < -0.4 is 10.2 Å². The largest absolute Gasteiger partial charge is 0.352 e. The van der Waals surface area contributed by atoms with E-state index in [0.29, 0.717) is 18.9 Å². The highest BCUT2D eigenvalue weighted by molar-refractivity contribution is 7.08. The molecular formula is C18H18N6OS. The monoisotopic (exact) mass is 366 g/mol. The summed E-state index contributed by atoms with van der Waals surface area (Å²) in [7, 11) is 0. The highest BCUT2D eigenvalue weighted by Gasteiger charge is 2.23. The fourth-order valence-electron chi connectivity index (χ4n) is 2.85. The number of thiophene rings is 1. The molecule has 1 saturated heterocycles. The summed E-state index contributed by atoms with van der Waals surface area (Å²) in [4.78, 5) is 20.5. The van der Waals surface area contributed by atoms with Crippen molar-refractivity contribution in [3.05, 3.63) is 59.0 Å². The molecule has 1 aliphatic rings. The van der Waals surface area contributed by atoms with Gasteiger partial charge in [-0.3, -0.25) is 9.78 Å². The van der Waals surface area contributed by atoms with Gasteiger partial charge in [0.2, 0.25) is 0 Å². The van der Waals surface area contributed by atoms with Crippen molar-refractivity contribution in [3.8, 4) is 0 Å². The Balaban J connectivity index is 1.35. The van der Waals surface area contributed by atoms with Crippen molar-refractivity contribution >= 4 is 34.6 Å². The second kappa shape index (κ2) is 7.49. The molecule has 3 aromatic heterocycles. The molecule has 4 heterocycles. The number of aromatic nitrogens is 3. The van der Waals surface area contributed by atoms with Gasteiger partial charge in [0, 0.05) is 37.8 Å². The summed E-state index contributed by atoms with van der Waals surface area (Å²) in [5, 5.41) is 15.5. The molecule has 8 heteroatoms. The Morgan fingerprint density at radius 3 is 2.62 bits per heavy atom. The second-order valence-electron chi connectivity index (χ2n) is 5.93. The molecule has 1 fully saturated rings. The Kier molecular flexibility index (Phi) is 4.74. The number of carbonyl (C=O) groups excluding carboxylic acids is 1. The van der Waals surface area contributed by atoms with E-state index in [4.69, 9.17) is 0 Å². The SMILES string of the molecule is O=C(c1ccsc1)N1CCN(c2ccc(Nc3cccnc3)nn2)CC1. The Hall–Kier alpha value is -3.00. The van der Waals surface area contributed by atoms with Gasteiger partial charge >= 0.3 is 0 Å². The van der Waals surface area contributed by atoms with Crippen LogP contribution in [-0.2, 0) is 0 Å². The normalized spacial score (nSPS) is 14.3. The van der Waals surface area contributed by atoms with E-state index in [1.807, 2.05) is 46.0 Å². The third-order valence-corrected chi connectivity index (χ3v) is 4.93. The van der Waals surface area contributed by atoms with Crippen LogP contribution in [0.2, 0.25) is 0 Å². The minimum Gasteiger partial charge on any atom is -0.352 e. The summed E-state index contributed by atoms with van der Waals surface area (Å²) in [6.07, 6.45) is 3.46. The first kappa shape index (κ1) is 16.5. The van der Waals surface area contributed by atoms with Gasteiger partial charge in [-0.05, 0) is 35.7 Å². The van der Waals surface area contributed by atoms with E-state index in [1.165, 1.54) is 0 Å². The average molecular weight is 366 g/mol. The highest BCUT2D eigenvalue weighted by atomic mass is 32.1. The van der Waals surface area contributed by atoms with E-state index < -0.39 is 0 Å². The van der Waals surface area contributed by atoms with Crippen molar-refractivity contribution in [1.82, 2.24) is 20.1 Å². The van der Waals surface area contributed by atoms with E-state index in [1.54, 1.807) is 23.7 Å². The van der Waals surface area contributed by atoms with Gasteiger partial charge in [0.15, 0.2) is 11.6 Å². The number of pyridine rings is 1. The number of nitrogens with zero attached hydrogens (tertiary/aromatic N) is 5. The van der Waals surface area contributed by atoms with E-state index in [-0.39, 0.29) is 5.91 Å². The third kappa shape index (κ3) is 3.65. The molecule has 0 spiro atoms. The van der Waals surface area contributed by atoms with Gasteiger partial charge in [0.05, 0.1) is 17.4 Å². The number of piperazine rings is 1. The van der Waals surface area contributed by atoms with Crippen LogP contribution in [0.25, 0.3) is 0 Å². The molecule has 26 heavy (non-hydrogen) atoms. The topological polar surface area (TPSA) is 74.2 Å². The minimum atomic E-state index is 0.105. The summed E-state index contributed by atoms with van der Waals surface area (Å²) >= 11 is 1.55. The van der Waals surface area contributed by atoms with E-state index in [9.17, 15) is 4.79 Å². The quantitative estimate of drug-likeness (QED) is 0.765. The van der Waals surface area contributed by atoms with Gasteiger partial charge < -0.3 is 15.1 Å². The molecule has 1 amide bonds. The molecule has 0 aliphatic carbocycles. The molecule has 0 radical (unpaired) electrons. The first-order chi connectivity index (χ1) is 12.8. The molecule has 0 atom stereocenters. The maximum absolute atomic E-state index is 12.4. The van der Waals surface area contributed by atoms with Crippen LogP contribution in [0.4, 0.5) is 17.3 Å². The highest BCUT2D eigenvalue weighted by Crippen LogP contribution is 2.18. The van der Waals surface area contributed by atoms with Crippen LogP contribution in [0.1, 0.15) is 10.4 Å². The predicted molar refractivity (Wildman–Crippen MR) is 102 cm³/mol. The standard InChI is InChI=1S/C18H18N6OS/c25-18(14-5-11-26-13-14)24-9-7-23(8-10-24)17-4-3-16(21-22-17)20-15-2-1-6-19-12-15/h1-6,11-13H,7-10H2,(H,20,21). The van der Waals surface area contributed by atoms with Crippen LogP contribution >= 0.6 is 11.3 Å². The third-order valence-electron chi connectivity index (χ3n) is 4.24. The lowest BCUT2D eigenvalue weighted by atomic mass is 10.2. The van der Waals surface area contributed by atoms with Crippen molar-refractivity contribution in [2.24, 2.45) is 0 Å². The van der Waals surface area contributed by atoms with Crippen LogP contribution in [0.3, 0.4) is 0 Å². The lowest BCUT2D eigenvalue weighted by Crippen LogP contribution is -2.49. The zero-order valence-electron chi connectivity index (χ0n) is 14.1. The zero-order chi connectivity index (χ0) is 17.8. The maximum Gasteiger partial charge on any atom is 0.254 e. The van der Waals surface area contributed by atoms with Crippen molar-refractivity contribution < 1.29 is 4.79 Å². The number of amides is 1. The molecule has 7 nitrogen and oxygen atoms in total. The summed E-state index contributed by atoms with van der Waals surface area (Å²) in [5.74, 6) is 1.60. The van der Waals surface area contributed by atoms with Gasteiger partial charge in [-0.2, -0.15) is 11.3 Å².